The van der Waals surface area contributed by atoms with Crippen molar-refractivity contribution in [2.75, 3.05) is 19.8 Å². The van der Waals surface area contributed by atoms with E-state index in [-0.39, 0.29) is 18.1 Å². The summed E-state index contributed by atoms with van der Waals surface area (Å²) in [5.74, 6) is -0.131. The van der Waals surface area contributed by atoms with Gasteiger partial charge in [0.15, 0.2) is 11.5 Å². The molecule has 1 saturated heterocycles. The standard InChI is InChI=1S/C26H26ClNO6S/c1-4-9-18-12-17(14-22-25(30)28(26(31)35-22)15-23(29)33-6-3)13-21(32-5-2)24(18)34-16-19-10-7-8-11-20(19)27/h4,7-8,10-14H,1,5-6,9,15-16H2,2-3H3/b22-14+. The van der Waals surface area contributed by atoms with Crippen molar-refractivity contribution in [3.05, 3.63) is 75.7 Å². The van der Waals surface area contributed by atoms with Gasteiger partial charge in [0.1, 0.15) is 13.2 Å². The molecule has 0 bridgehead atoms. The lowest BCUT2D eigenvalue weighted by molar-refractivity contribution is -0.145. The Bertz CT molecular complexity index is 1160. The minimum absolute atomic E-state index is 0.169. The van der Waals surface area contributed by atoms with Crippen LogP contribution in [0.25, 0.3) is 6.08 Å². The first-order chi connectivity index (χ1) is 16.9. The van der Waals surface area contributed by atoms with Crippen LogP contribution >= 0.6 is 23.4 Å². The summed E-state index contributed by atoms with van der Waals surface area (Å²) in [6, 6.07) is 11.0. The first-order valence-corrected chi connectivity index (χ1v) is 12.2. The molecule has 2 amide bonds. The molecule has 0 unspecified atom stereocenters. The SMILES string of the molecule is C=CCc1cc(/C=C2/SC(=O)N(CC(=O)OCC)C2=O)cc(OCC)c1OCc1ccccc1Cl. The molecule has 35 heavy (non-hydrogen) atoms. The van der Waals surface area contributed by atoms with Crippen LogP contribution in [-0.2, 0) is 27.4 Å². The molecule has 7 nitrogen and oxygen atoms in total. The summed E-state index contributed by atoms with van der Waals surface area (Å²) >= 11 is 7.04. The molecule has 184 valence electrons. The highest BCUT2D eigenvalue weighted by molar-refractivity contribution is 8.18. The van der Waals surface area contributed by atoms with Gasteiger partial charge < -0.3 is 14.2 Å². The maximum atomic E-state index is 12.8. The van der Waals surface area contributed by atoms with Crippen LogP contribution in [0.15, 0.2) is 54.0 Å². The van der Waals surface area contributed by atoms with Crippen LogP contribution in [0.4, 0.5) is 4.79 Å². The second-order valence-corrected chi connectivity index (χ2v) is 8.79. The van der Waals surface area contributed by atoms with E-state index in [9.17, 15) is 14.4 Å². The molecule has 3 rings (SSSR count). The van der Waals surface area contributed by atoms with Crippen molar-refractivity contribution < 1.29 is 28.6 Å². The molecule has 0 aliphatic carbocycles. The van der Waals surface area contributed by atoms with Gasteiger partial charge in [-0.2, -0.15) is 0 Å². The fraction of sp³-hybridized carbons (Fsp3) is 0.269. The third-order valence-electron chi connectivity index (χ3n) is 4.91. The molecule has 9 heteroatoms. The molecule has 1 aliphatic heterocycles. The number of hydrogen-bond donors (Lipinski definition) is 0. The first-order valence-electron chi connectivity index (χ1n) is 11.1. The minimum Gasteiger partial charge on any atom is -0.490 e. The Morgan fingerprint density at radius 3 is 2.57 bits per heavy atom. The van der Waals surface area contributed by atoms with E-state index in [0.717, 1.165) is 27.8 Å². The Morgan fingerprint density at radius 2 is 1.89 bits per heavy atom. The highest BCUT2D eigenvalue weighted by atomic mass is 35.5. The summed E-state index contributed by atoms with van der Waals surface area (Å²) in [6.45, 7) is 7.74. The average Bonchev–Trinajstić information content (AvgIpc) is 3.07. The number of rotatable bonds is 11. The number of amides is 2. The number of benzene rings is 2. The number of esters is 1. The van der Waals surface area contributed by atoms with Gasteiger partial charge in [0.05, 0.1) is 18.1 Å². The zero-order chi connectivity index (χ0) is 25.4. The van der Waals surface area contributed by atoms with E-state index >= 15 is 0 Å². The highest BCUT2D eigenvalue weighted by Crippen LogP contribution is 2.38. The lowest BCUT2D eigenvalue weighted by atomic mass is 10.0. The second kappa shape index (κ2) is 12.5. The van der Waals surface area contributed by atoms with Crippen LogP contribution < -0.4 is 9.47 Å². The van der Waals surface area contributed by atoms with Crippen LogP contribution in [0.5, 0.6) is 11.5 Å². The summed E-state index contributed by atoms with van der Waals surface area (Å²) in [4.78, 5) is 37.9. The fourth-order valence-corrected chi connectivity index (χ4v) is 4.42. The fourth-order valence-electron chi connectivity index (χ4n) is 3.39. The summed E-state index contributed by atoms with van der Waals surface area (Å²) in [5, 5.41) is 0.0798. The number of carbonyl (C=O) groups is 3. The number of imide groups is 1. The van der Waals surface area contributed by atoms with Crippen LogP contribution in [0.3, 0.4) is 0 Å². The van der Waals surface area contributed by atoms with E-state index in [1.807, 2.05) is 31.2 Å². The second-order valence-electron chi connectivity index (χ2n) is 7.39. The van der Waals surface area contributed by atoms with Crippen LogP contribution in [0, 0.1) is 0 Å². The number of carbonyl (C=O) groups excluding carboxylic acids is 3. The molecule has 0 atom stereocenters. The molecule has 1 heterocycles. The molecule has 0 N–H and O–H groups in total. The normalized spacial score (nSPS) is 14.4. The van der Waals surface area contributed by atoms with E-state index < -0.39 is 23.7 Å². The molecule has 0 spiro atoms. The largest absolute Gasteiger partial charge is 0.490 e. The molecule has 1 aliphatic rings. The third-order valence-corrected chi connectivity index (χ3v) is 6.19. The molecule has 0 saturated carbocycles. The van der Waals surface area contributed by atoms with Crippen molar-refractivity contribution in [1.82, 2.24) is 4.90 Å². The molecule has 0 aromatic heterocycles. The van der Waals surface area contributed by atoms with Crippen molar-refractivity contribution >= 4 is 46.6 Å². The topological polar surface area (TPSA) is 82.1 Å². The van der Waals surface area contributed by atoms with Gasteiger partial charge in [0.25, 0.3) is 11.1 Å². The van der Waals surface area contributed by atoms with E-state index in [1.165, 1.54) is 0 Å². The van der Waals surface area contributed by atoms with Gasteiger partial charge in [-0.15, -0.1) is 6.58 Å². The maximum Gasteiger partial charge on any atom is 0.326 e. The van der Waals surface area contributed by atoms with E-state index in [4.69, 9.17) is 25.8 Å². The Hall–Kier alpha value is -3.23. The summed E-state index contributed by atoms with van der Waals surface area (Å²) in [7, 11) is 0. The predicted molar refractivity (Wildman–Crippen MR) is 137 cm³/mol. The van der Waals surface area contributed by atoms with Gasteiger partial charge in [-0.25, -0.2) is 0 Å². The van der Waals surface area contributed by atoms with Crippen LogP contribution in [0.2, 0.25) is 5.02 Å². The number of ether oxygens (including phenoxy) is 3. The van der Waals surface area contributed by atoms with Crippen molar-refractivity contribution in [1.29, 1.82) is 0 Å². The van der Waals surface area contributed by atoms with Crippen molar-refractivity contribution in [3.8, 4) is 11.5 Å². The van der Waals surface area contributed by atoms with Crippen molar-refractivity contribution in [2.24, 2.45) is 0 Å². The van der Waals surface area contributed by atoms with E-state index in [2.05, 4.69) is 6.58 Å². The first kappa shape index (κ1) is 26.4. The van der Waals surface area contributed by atoms with E-state index in [1.54, 1.807) is 31.2 Å². The highest BCUT2D eigenvalue weighted by Gasteiger charge is 2.36. The lowest BCUT2D eigenvalue weighted by Gasteiger charge is -2.17. The zero-order valence-corrected chi connectivity index (χ0v) is 21.1. The average molecular weight is 516 g/mol. The van der Waals surface area contributed by atoms with E-state index in [0.29, 0.717) is 35.1 Å². The summed E-state index contributed by atoms with van der Waals surface area (Å²) in [6.07, 6.45) is 3.83. The summed E-state index contributed by atoms with van der Waals surface area (Å²) in [5.41, 5.74) is 2.28. The molecular formula is C26H26ClNO6S. The van der Waals surface area contributed by atoms with Gasteiger partial charge >= 0.3 is 5.97 Å². The Balaban J connectivity index is 1.91. The number of thioether (sulfide) groups is 1. The monoisotopic (exact) mass is 515 g/mol. The zero-order valence-electron chi connectivity index (χ0n) is 19.5. The van der Waals surface area contributed by atoms with Crippen molar-refractivity contribution in [2.45, 2.75) is 26.9 Å². The van der Waals surface area contributed by atoms with Crippen molar-refractivity contribution in [3.63, 3.8) is 0 Å². The Morgan fingerprint density at radius 1 is 1.11 bits per heavy atom. The quantitative estimate of drug-likeness (QED) is 0.217. The maximum absolute atomic E-state index is 12.8. The van der Waals surface area contributed by atoms with Gasteiger partial charge in [-0.05, 0) is 61.9 Å². The summed E-state index contributed by atoms with van der Waals surface area (Å²) < 4.78 is 16.8. The predicted octanol–water partition coefficient (Wildman–Crippen LogP) is 5.65. The molecule has 2 aromatic carbocycles. The number of nitrogens with zero attached hydrogens (tertiary/aromatic N) is 1. The number of halogens is 1. The third kappa shape index (κ3) is 6.68. The van der Waals surface area contributed by atoms with Gasteiger partial charge in [-0.3, -0.25) is 19.3 Å². The lowest BCUT2D eigenvalue weighted by Crippen LogP contribution is -2.34. The molecule has 2 aromatic rings. The van der Waals surface area contributed by atoms with Gasteiger partial charge in [0.2, 0.25) is 0 Å². The Labute approximate surface area is 213 Å². The minimum atomic E-state index is -0.636. The van der Waals surface area contributed by atoms with Crippen LogP contribution in [0.1, 0.15) is 30.5 Å². The number of allylic oxidation sites excluding steroid dienone is 1. The van der Waals surface area contributed by atoms with Gasteiger partial charge in [0, 0.05) is 16.1 Å². The molecule has 0 radical (unpaired) electrons. The van der Waals surface area contributed by atoms with Crippen LogP contribution in [-0.4, -0.2) is 41.8 Å². The number of hydrogen-bond acceptors (Lipinski definition) is 7. The van der Waals surface area contributed by atoms with Gasteiger partial charge in [-0.1, -0.05) is 35.9 Å². The Kier molecular flexibility index (Phi) is 9.39. The molecule has 1 fully saturated rings. The smallest absolute Gasteiger partial charge is 0.326 e. The molecular weight excluding hydrogens is 490 g/mol.